The molecule has 1 saturated heterocycles. The van der Waals surface area contributed by atoms with E-state index >= 15 is 0 Å². The number of rotatable bonds is 7. The number of aromatic nitrogens is 1. The fourth-order valence-corrected chi connectivity index (χ4v) is 12.4. The average Bonchev–Trinajstić information content (AvgIpc) is 3.81. The highest BCUT2D eigenvalue weighted by molar-refractivity contribution is 6.40. The Hall–Kier alpha value is -4.25. The maximum Gasteiger partial charge on any atom is 0.303 e. The maximum atomic E-state index is 14.4. The van der Waals surface area contributed by atoms with Crippen LogP contribution >= 0.6 is 0 Å². The van der Waals surface area contributed by atoms with Crippen molar-refractivity contribution in [1.29, 1.82) is 0 Å². The lowest BCUT2D eigenvalue weighted by atomic mass is 9.47. The van der Waals surface area contributed by atoms with Crippen molar-refractivity contribution >= 4 is 34.1 Å². The van der Waals surface area contributed by atoms with Gasteiger partial charge in [-0.05, 0) is 61.4 Å². The number of carbonyl (C=O) groups is 3. The quantitative estimate of drug-likeness (QED) is 0.187. The minimum Gasteiger partial charge on any atom is -0.496 e. The van der Waals surface area contributed by atoms with Crippen molar-refractivity contribution in [1.82, 2.24) is 14.8 Å². The third-order valence-electron chi connectivity index (χ3n) is 14.3. The number of hydrogen-bond donors (Lipinski definition) is 2. The van der Waals surface area contributed by atoms with Crippen LogP contribution < -0.4 is 9.64 Å². The first-order chi connectivity index (χ1) is 25.9. The molecular formula is C44H52N4O6. The third kappa shape index (κ3) is 4.59. The molecule has 0 radical (unpaired) electrons. The molecule has 0 amide bonds. The highest BCUT2D eigenvalue weighted by Crippen LogP contribution is 2.68. The second-order valence-corrected chi connectivity index (χ2v) is 16.8. The number of anilines is 1. The van der Waals surface area contributed by atoms with Crippen LogP contribution in [0, 0.1) is 11.3 Å². The van der Waals surface area contributed by atoms with Crippen LogP contribution in [0.4, 0.5) is 5.69 Å². The fraction of sp³-hybridized carbons (Fsp3) is 0.523. The predicted molar refractivity (Wildman–Crippen MR) is 207 cm³/mol. The second-order valence-electron chi connectivity index (χ2n) is 16.8. The smallest absolute Gasteiger partial charge is 0.303 e. The standard InChI is InChI=1S/C44H52N4O6/c1-7-27-18-28-19-31(37-32(24-47(22-27)23-28)29-12-9-10-13-34(29)45-37)30-20-33-35(21-36(30)53-6)46(5)40-43(33)15-17-48-16-11-14-42(8-2,39(43)48)41(54-26(4)50)44(40,52)38(51)25(3)49/h9-14,18,20-21,28,31,39-41,45,52H,7-8,15-17,19,22-24H2,1-6H3. The molecule has 3 aromatic rings. The maximum absolute atomic E-state index is 14.4. The zero-order chi connectivity index (χ0) is 37.9. The Labute approximate surface area is 317 Å². The Morgan fingerprint density at radius 1 is 1.07 bits per heavy atom. The summed E-state index contributed by atoms with van der Waals surface area (Å²) in [4.78, 5) is 51.5. The van der Waals surface area contributed by atoms with Crippen LogP contribution in [0.2, 0.25) is 0 Å². The number of benzene rings is 2. The Morgan fingerprint density at radius 2 is 1.87 bits per heavy atom. The van der Waals surface area contributed by atoms with Gasteiger partial charge in [0.1, 0.15) is 5.75 Å². The number of methoxy groups -OCH3 is 1. The number of para-hydroxylation sites is 1. The van der Waals surface area contributed by atoms with Gasteiger partial charge in [0.15, 0.2) is 17.5 Å². The number of esters is 1. The largest absolute Gasteiger partial charge is 0.496 e. The van der Waals surface area contributed by atoms with Crippen molar-refractivity contribution in [3.05, 3.63) is 82.6 Å². The van der Waals surface area contributed by atoms with E-state index < -0.39 is 46.1 Å². The molecule has 1 aromatic heterocycles. The monoisotopic (exact) mass is 732 g/mol. The molecule has 9 rings (SSSR count). The van der Waals surface area contributed by atoms with Crippen LogP contribution in [0.3, 0.4) is 0 Å². The molecule has 54 heavy (non-hydrogen) atoms. The summed E-state index contributed by atoms with van der Waals surface area (Å²) in [6.07, 6.45) is 8.46. The van der Waals surface area contributed by atoms with Gasteiger partial charge in [-0.3, -0.25) is 24.2 Å². The topological polar surface area (TPSA) is 115 Å². The molecule has 1 aliphatic carbocycles. The number of nitrogens with one attached hydrogen (secondary N) is 1. The molecule has 1 spiro atoms. The fourth-order valence-electron chi connectivity index (χ4n) is 12.4. The van der Waals surface area contributed by atoms with Gasteiger partial charge < -0.3 is 24.5 Å². The molecule has 10 nitrogen and oxygen atoms in total. The molecule has 10 heteroatoms. The van der Waals surface area contributed by atoms with Gasteiger partial charge in [-0.2, -0.15) is 0 Å². The van der Waals surface area contributed by atoms with E-state index in [1.807, 2.05) is 18.9 Å². The first-order valence-corrected chi connectivity index (χ1v) is 19.8. The van der Waals surface area contributed by atoms with E-state index in [1.165, 1.54) is 36.1 Å². The Morgan fingerprint density at radius 3 is 2.59 bits per heavy atom. The zero-order valence-electron chi connectivity index (χ0n) is 32.3. The molecule has 1 saturated carbocycles. The van der Waals surface area contributed by atoms with E-state index in [0.29, 0.717) is 25.3 Å². The number of fused-ring (bicyclic) bond motifs is 6. The summed E-state index contributed by atoms with van der Waals surface area (Å²) in [6.45, 7) is 11.1. The van der Waals surface area contributed by atoms with Crippen molar-refractivity contribution < 1.29 is 29.0 Å². The number of H-pyrrole nitrogens is 1. The lowest BCUT2D eigenvalue weighted by molar-refractivity contribution is -0.216. The summed E-state index contributed by atoms with van der Waals surface area (Å²) in [5.74, 6) is -1.20. The summed E-state index contributed by atoms with van der Waals surface area (Å²) in [5, 5.41) is 14.5. The normalized spacial score (nSPS) is 34.9. The van der Waals surface area contributed by atoms with Crippen molar-refractivity contribution in [2.75, 3.05) is 45.2 Å². The zero-order valence-corrected chi connectivity index (χ0v) is 32.3. The van der Waals surface area contributed by atoms with Crippen molar-refractivity contribution in [3.63, 3.8) is 0 Å². The van der Waals surface area contributed by atoms with Crippen LogP contribution in [-0.4, -0.2) is 102 Å². The first kappa shape index (κ1) is 35.5. The SMILES string of the molecule is CCC1=CC2CC(c3cc4c(cc3OC)N(C)C3C(O)(C(=O)C(C)=O)C(OC(C)=O)C5(CC)C=CCN6CCC43C65)c3[nH]c4ccccc4c3CN(C1)C2. The summed E-state index contributed by atoms with van der Waals surface area (Å²) in [6, 6.07) is 11.9. The lowest BCUT2D eigenvalue weighted by Crippen LogP contribution is -2.81. The van der Waals surface area contributed by atoms with E-state index in [2.05, 4.69) is 76.3 Å². The Kier molecular flexibility index (Phi) is 8.13. The van der Waals surface area contributed by atoms with Crippen molar-refractivity contribution in [2.45, 2.75) is 95.0 Å². The van der Waals surface area contributed by atoms with E-state index in [4.69, 9.17) is 9.47 Å². The van der Waals surface area contributed by atoms with Gasteiger partial charge in [-0.25, -0.2) is 0 Å². The molecule has 5 aliphatic heterocycles. The number of ketones is 2. The molecule has 2 N–H and O–H groups in total. The molecule has 6 heterocycles. The number of carbonyl (C=O) groups excluding carboxylic acids is 3. The summed E-state index contributed by atoms with van der Waals surface area (Å²) in [5.41, 5.74) is 4.09. The summed E-state index contributed by atoms with van der Waals surface area (Å²) >= 11 is 0. The van der Waals surface area contributed by atoms with Gasteiger partial charge in [-0.15, -0.1) is 0 Å². The minimum absolute atomic E-state index is 0.0252. The van der Waals surface area contributed by atoms with Crippen molar-refractivity contribution in [3.8, 4) is 5.75 Å². The lowest BCUT2D eigenvalue weighted by Gasteiger charge is -2.63. The van der Waals surface area contributed by atoms with Crippen molar-refractivity contribution in [2.24, 2.45) is 11.3 Å². The molecular weight excluding hydrogens is 681 g/mol. The predicted octanol–water partition coefficient (Wildman–Crippen LogP) is 5.41. The number of aromatic amines is 1. The number of aliphatic hydroxyl groups is 1. The van der Waals surface area contributed by atoms with E-state index in [1.54, 1.807) is 7.11 Å². The Balaban J connectivity index is 1.31. The van der Waals surface area contributed by atoms with Gasteiger partial charge in [0.2, 0.25) is 5.78 Å². The molecule has 2 aromatic carbocycles. The molecule has 9 atom stereocenters. The van der Waals surface area contributed by atoms with Crippen LogP contribution in [0.15, 0.2) is 60.2 Å². The van der Waals surface area contributed by atoms with E-state index in [0.717, 1.165) is 67.1 Å². The van der Waals surface area contributed by atoms with Gasteiger partial charge >= 0.3 is 5.97 Å². The summed E-state index contributed by atoms with van der Waals surface area (Å²) in [7, 11) is 3.62. The van der Waals surface area contributed by atoms with Gasteiger partial charge in [-0.1, -0.05) is 55.8 Å². The minimum atomic E-state index is -2.32. The summed E-state index contributed by atoms with van der Waals surface area (Å²) < 4.78 is 12.5. The van der Waals surface area contributed by atoms with E-state index in [-0.39, 0.29) is 12.0 Å². The molecule has 2 bridgehead atoms. The first-order valence-electron chi connectivity index (χ1n) is 19.8. The van der Waals surface area contributed by atoms with Gasteiger partial charge in [0.25, 0.3) is 0 Å². The Bertz CT molecular complexity index is 2150. The molecule has 284 valence electrons. The number of nitrogens with zero attached hydrogens (tertiary/aromatic N) is 3. The third-order valence-corrected chi connectivity index (χ3v) is 14.3. The van der Waals surface area contributed by atoms with Gasteiger partial charge in [0.05, 0.1) is 13.2 Å². The highest BCUT2D eigenvalue weighted by Gasteiger charge is 2.80. The van der Waals surface area contributed by atoms with E-state index in [9.17, 15) is 19.5 Å². The van der Waals surface area contributed by atoms with Gasteiger partial charge in [0, 0.05) is 104 Å². The number of likely N-dealkylation sites (N-methyl/N-ethyl adjacent to an activating group) is 1. The second kappa shape index (κ2) is 12.4. The number of ether oxygens (including phenoxy) is 2. The van der Waals surface area contributed by atoms with Crippen LogP contribution in [0.5, 0.6) is 5.75 Å². The van der Waals surface area contributed by atoms with Crippen LogP contribution in [0.1, 0.15) is 81.7 Å². The molecule has 6 aliphatic rings. The molecule has 2 fully saturated rings. The number of Topliss-reactive ketones (excluding diaryl/α,β-unsaturated/α-hetero) is 2. The van der Waals surface area contributed by atoms with Crippen LogP contribution in [-0.2, 0) is 31.1 Å². The average molecular weight is 733 g/mol. The van der Waals surface area contributed by atoms with Crippen LogP contribution in [0.25, 0.3) is 10.9 Å². The molecule has 9 unspecified atom stereocenters. The highest BCUT2D eigenvalue weighted by atomic mass is 16.6. The number of hydrogen-bond acceptors (Lipinski definition) is 9.